The fourth-order valence-corrected chi connectivity index (χ4v) is 14.8. The summed E-state index contributed by atoms with van der Waals surface area (Å²) in [5, 5.41) is 0. The second-order valence-electron chi connectivity index (χ2n) is 9.36. The second-order valence-corrected chi connectivity index (χ2v) is 19.3. The molecule has 128 valence electrons. The van der Waals surface area contributed by atoms with E-state index in [4.69, 9.17) is 10.9 Å². The van der Waals surface area contributed by atoms with E-state index in [0.29, 0.717) is 0 Å². The molecule has 0 atom stereocenters. The molecule has 0 radical (unpaired) electrons. The van der Waals surface area contributed by atoms with Crippen molar-refractivity contribution in [2.45, 2.75) is 98.8 Å². The van der Waals surface area contributed by atoms with Crippen LogP contribution in [0.3, 0.4) is 0 Å². The van der Waals surface area contributed by atoms with Gasteiger partial charge in [-0.15, -0.1) is 0 Å². The van der Waals surface area contributed by atoms with E-state index in [1.807, 2.05) is 62.3 Å². The molecule has 0 aliphatic heterocycles. The molecule has 21 heavy (non-hydrogen) atoms. The zero-order chi connectivity index (χ0) is 17.3. The first-order valence-corrected chi connectivity index (χ1v) is 15.1. The van der Waals surface area contributed by atoms with Crippen LogP contribution >= 0.6 is 0 Å². The van der Waals surface area contributed by atoms with Gasteiger partial charge in [-0.05, 0) is 0 Å². The normalized spacial score (nSPS) is 15.4. The topological polar surface area (TPSA) is 36.9 Å². The predicted molar refractivity (Wildman–Crippen MR) is 86.9 cm³/mol. The van der Waals surface area contributed by atoms with E-state index in [0.717, 1.165) is 0 Å². The molecule has 0 bridgehead atoms. The van der Waals surface area contributed by atoms with Crippen molar-refractivity contribution in [1.82, 2.24) is 0 Å². The van der Waals surface area contributed by atoms with Crippen LogP contribution in [0.15, 0.2) is 0 Å². The first kappa shape index (κ1) is 21.9. The molecule has 0 aliphatic carbocycles. The molecule has 0 saturated heterocycles. The van der Waals surface area contributed by atoms with Gasteiger partial charge in [0.05, 0.1) is 0 Å². The summed E-state index contributed by atoms with van der Waals surface area (Å²) in [6.07, 6.45) is 0. The van der Waals surface area contributed by atoms with Crippen LogP contribution in [0, 0.1) is 0 Å². The Labute approximate surface area is 139 Å². The summed E-state index contributed by atoms with van der Waals surface area (Å²) in [6.45, 7) is 24.6. The quantitative estimate of drug-likeness (QED) is 0.603. The molecule has 0 amide bonds. The summed E-state index contributed by atoms with van der Waals surface area (Å²) in [6, 6.07) is 0. The van der Waals surface area contributed by atoms with E-state index >= 15 is 0 Å². The van der Waals surface area contributed by atoms with E-state index in [1.54, 1.807) is 0 Å². The van der Waals surface area contributed by atoms with Gasteiger partial charge in [-0.2, -0.15) is 0 Å². The Balaban J connectivity index is 5.70. The monoisotopic (exact) mass is 398 g/mol. The Morgan fingerprint density at radius 1 is 0.571 bits per heavy atom. The zero-order valence-corrected chi connectivity index (χ0v) is 19.6. The molecule has 0 aromatic heterocycles. The summed E-state index contributed by atoms with van der Waals surface area (Å²) in [7, 11) is -1.87. The molecular formula is C15H36O4SiZr. The molecule has 0 saturated carbocycles. The van der Waals surface area contributed by atoms with Crippen molar-refractivity contribution in [3.63, 3.8) is 0 Å². The van der Waals surface area contributed by atoms with Gasteiger partial charge in [0.25, 0.3) is 0 Å². The van der Waals surface area contributed by atoms with E-state index in [1.165, 1.54) is 0 Å². The van der Waals surface area contributed by atoms with Crippen molar-refractivity contribution in [3.8, 4) is 0 Å². The molecule has 0 rings (SSSR count). The average molecular weight is 400 g/mol. The van der Waals surface area contributed by atoms with Gasteiger partial charge in [0.1, 0.15) is 0 Å². The summed E-state index contributed by atoms with van der Waals surface area (Å²) < 4.78 is 25.4. The van der Waals surface area contributed by atoms with Gasteiger partial charge in [0, 0.05) is 0 Å². The van der Waals surface area contributed by atoms with Crippen LogP contribution in [0.2, 0.25) is 19.6 Å². The summed E-state index contributed by atoms with van der Waals surface area (Å²) in [5.74, 6) is 0. The van der Waals surface area contributed by atoms with Crippen LogP contribution in [0.5, 0.6) is 0 Å². The van der Waals surface area contributed by atoms with E-state index in [2.05, 4.69) is 19.6 Å². The van der Waals surface area contributed by atoms with Crippen LogP contribution in [0.1, 0.15) is 62.3 Å². The maximum atomic E-state index is 6.44. The van der Waals surface area contributed by atoms with Crippen LogP contribution < -0.4 is 0 Å². The standard InChI is InChI=1S/3C4H9O.C3H9OSi.Zr/c3*1-4(2,3)5;1-5(2,3)4;/h4*1-3H3;/q4*-1;+4. The molecule has 6 heteroatoms. The first-order valence-electron chi connectivity index (χ1n) is 7.63. The molecular weight excluding hydrogens is 363 g/mol. The fourth-order valence-electron chi connectivity index (χ4n) is 1.63. The Bertz CT molecular complexity index is 262. The second kappa shape index (κ2) is 6.82. The molecule has 0 aromatic carbocycles. The van der Waals surface area contributed by atoms with Crippen LogP contribution in [-0.4, -0.2) is 25.1 Å². The molecule has 0 aromatic rings. The van der Waals surface area contributed by atoms with Gasteiger partial charge in [-0.3, -0.25) is 0 Å². The fraction of sp³-hybridized carbons (Fsp3) is 1.00. The number of rotatable bonds is 5. The SMILES string of the molecule is CC(C)(C)[O][Zr]([O]C(C)(C)C)([O]C(C)(C)C)[O][Si](C)(C)C. The van der Waals surface area contributed by atoms with E-state index < -0.39 is 30.3 Å². The summed E-state index contributed by atoms with van der Waals surface area (Å²) in [5.41, 5.74) is -1.11. The molecule has 0 heterocycles. The van der Waals surface area contributed by atoms with Crippen molar-refractivity contribution in [2.24, 2.45) is 0 Å². The first-order chi connectivity index (χ1) is 8.83. The molecule has 0 spiro atoms. The molecule has 0 N–H and O–H groups in total. The van der Waals surface area contributed by atoms with Crippen LogP contribution in [-0.2, 0) is 33.0 Å². The van der Waals surface area contributed by atoms with Gasteiger partial charge in [-0.1, -0.05) is 0 Å². The Morgan fingerprint density at radius 3 is 0.952 bits per heavy atom. The van der Waals surface area contributed by atoms with Crippen molar-refractivity contribution >= 4 is 8.32 Å². The molecule has 0 fully saturated rings. The molecule has 0 aliphatic rings. The van der Waals surface area contributed by atoms with Crippen LogP contribution in [0.4, 0.5) is 0 Å². The zero-order valence-electron chi connectivity index (χ0n) is 16.1. The van der Waals surface area contributed by atoms with Crippen molar-refractivity contribution in [3.05, 3.63) is 0 Å². The summed E-state index contributed by atoms with van der Waals surface area (Å²) in [4.78, 5) is 0. The van der Waals surface area contributed by atoms with Crippen molar-refractivity contribution < 1.29 is 33.0 Å². The third-order valence-corrected chi connectivity index (χ3v) is 15.3. The minimum absolute atomic E-state index is 0.369. The van der Waals surface area contributed by atoms with E-state index in [9.17, 15) is 0 Å². The Hall–Kier alpha value is 0.940. The van der Waals surface area contributed by atoms with Crippen LogP contribution in [0.25, 0.3) is 0 Å². The predicted octanol–water partition coefficient (Wildman–Crippen LogP) is 5.10. The van der Waals surface area contributed by atoms with Crippen molar-refractivity contribution in [1.29, 1.82) is 0 Å². The Morgan fingerprint density at radius 2 is 0.810 bits per heavy atom. The number of hydrogen-bond acceptors (Lipinski definition) is 4. The van der Waals surface area contributed by atoms with Crippen molar-refractivity contribution in [2.75, 3.05) is 0 Å². The minimum atomic E-state index is -4.18. The average Bonchev–Trinajstić information content (AvgIpc) is 1.83. The third kappa shape index (κ3) is 12.1. The molecule has 4 nitrogen and oxygen atoms in total. The number of hydrogen-bond donors (Lipinski definition) is 0. The van der Waals surface area contributed by atoms with Gasteiger partial charge in [0.15, 0.2) is 0 Å². The van der Waals surface area contributed by atoms with Gasteiger partial charge in [-0.25, -0.2) is 0 Å². The van der Waals surface area contributed by atoms with E-state index in [-0.39, 0.29) is 16.8 Å². The maximum absolute atomic E-state index is 6.44. The summed E-state index contributed by atoms with van der Waals surface area (Å²) >= 11 is -4.18. The molecule has 0 unspecified atom stereocenters. The van der Waals surface area contributed by atoms with Gasteiger partial charge < -0.3 is 0 Å². The van der Waals surface area contributed by atoms with Gasteiger partial charge in [0.2, 0.25) is 0 Å². The third-order valence-electron chi connectivity index (χ3n) is 1.72. The van der Waals surface area contributed by atoms with Gasteiger partial charge >= 0.3 is 140 Å². The Kier molecular flexibility index (Phi) is 7.13.